The van der Waals surface area contributed by atoms with Crippen molar-refractivity contribution in [2.45, 2.75) is 12.8 Å². The Morgan fingerprint density at radius 3 is 2.67 bits per heavy atom. The fourth-order valence-corrected chi connectivity index (χ4v) is 0.757. The van der Waals surface area contributed by atoms with Crippen LogP contribution < -0.4 is 4.72 Å². The van der Waals surface area contributed by atoms with E-state index in [0.717, 1.165) is 12.8 Å². The van der Waals surface area contributed by atoms with Crippen LogP contribution in [0.15, 0.2) is 12.7 Å². The molecule has 54 valence electrons. The van der Waals surface area contributed by atoms with E-state index in [2.05, 4.69) is 11.3 Å². The molecule has 0 aliphatic heterocycles. The number of hydrogen-bond donors (Lipinski definition) is 2. The second-order valence-electron chi connectivity index (χ2n) is 1.60. The zero-order valence-electron chi connectivity index (χ0n) is 5.17. The summed E-state index contributed by atoms with van der Waals surface area (Å²) in [5.74, 6) is 0. The molecule has 3 nitrogen and oxygen atoms in total. The number of rotatable bonds is 5. The molecule has 4 heteroatoms. The Bertz CT molecular complexity index is 134. The standard InChI is InChI=1S/C5H11NO2S/c1-2-3-4-5-6-9(7)8/h2,9H,1,3-5H2,(H,6,7,8). The summed E-state index contributed by atoms with van der Waals surface area (Å²) in [4.78, 5) is 0. The summed E-state index contributed by atoms with van der Waals surface area (Å²) in [6.07, 6.45) is 3.45. The summed E-state index contributed by atoms with van der Waals surface area (Å²) in [7, 11) is -2.40. The van der Waals surface area contributed by atoms with Crippen molar-refractivity contribution in [1.82, 2.24) is 4.72 Å². The monoisotopic (exact) mass is 149 g/mol. The van der Waals surface area contributed by atoms with Crippen LogP contribution in [0, 0.1) is 0 Å². The highest BCUT2D eigenvalue weighted by atomic mass is 32.2. The number of nitrogens with one attached hydrogen (secondary N) is 1. The van der Waals surface area contributed by atoms with E-state index in [1.165, 1.54) is 0 Å². The lowest BCUT2D eigenvalue weighted by Crippen LogP contribution is -2.11. The van der Waals surface area contributed by atoms with E-state index >= 15 is 0 Å². The van der Waals surface area contributed by atoms with Gasteiger partial charge < -0.3 is 0 Å². The molecule has 0 saturated heterocycles. The van der Waals surface area contributed by atoms with E-state index in [1.807, 2.05) is 0 Å². The second-order valence-corrected chi connectivity index (χ2v) is 2.43. The third kappa shape index (κ3) is 7.65. The van der Waals surface area contributed by atoms with Gasteiger partial charge >= 0.3 is 0 Å². The van der Waals surface area contributed by atoms with Crippen molar-refractivity contribution in [3.8, 4) is 0 Å². The van der Waals surface area contributed by atoms with E-state index in [9.17, 15) is 8.42 Å². The Labute approximate surface area is 56.9 Å². The molecule has 0 atom stereocenters. The molecule has 0 aliphatic carbocycles. The van der Waals surface area contributed by atoms with Crippen molar-refractivity contribution in [3.63, 3.8) is 0 Å². The van der Waals surface area contributed by atoms with Gasteiger partial charge in [0.05, 0.1) is 0 Å². The minimum absolute atomic E-state index is 0.519. The van der Waals surface area contributed by atoms with Crippen LogP contribution in [0.2, 0.25) is 0 Å². The first-order valence-corrected chi connectivity index (χ1v) is 3.94. The molecular formula is C5H11NO2S. The van der Waals surface area contributed by atoms with E-state index < -0.39 is 10.9 Å². The lowest BCUT2D eigenvalue weighted by molar-refractivity contribution is 0.599. The molecule has 0 saturated carbocycles. The van der Waals surface area contributed by atoms with E-state index in [0.29, 0.717) is 6.54 Å². The fraction of sp³-hybridized carbons (Fsp3) is 0.600. The maximum absolute atomic E-state index is 9.86. The summed E-state index contributed by atoms with van der Waals surface area (Å²) in [5, 5.41) is 0. The van der Waals surface area contributed by atoms with Crippen molar-refractivity contribution >= 4 is 10.9 Å². The number of thiol groups is 1. The van der Waals surface area contributed by atoms with E-state index in [4.69, 9.17) is 0 Å². The van der Waals surface area contributed by atoms with Crippen LogP contribution >= 0.6 is 0 Å². The summed E-state index contributed by atoms with van der Waals surface area (Å²) in [5.41, 5.74) is 0. The molecule has 0 radical (unpaired) electrons. The van der Waals surface area contributed by atoms with Gasteiger partial charge in [0, 0.05) is 6.54 Å². The molecule has 0 rings (SSSR count). The number of unbranched alkanes of at least 4 members (excludes halogenated alkanes) is 1. The van der Waals surface area contributed by atoms with Gasteiger partial charge in [0.25, 0.3) is 0 Å². The van der Waals surface area contributed by atoms with Gasteiger partial charge in [0.2, 0.25) is 10.9 Å². The second kappa shape index (κ2) is 5.78. The van der Waals surface area contributed by atoms with Gasteiger partial charge in [0.15, 0.2) is 0 Å². The highest BCUT2D eigenvalue weighted by Gasteiger charge is 1.83. The maximum Gasteiger partial charge on any atom is 0.201 e. The molecule has 0 aliphatic rings. The van der Waals surface area contributed by atoms with Gasteiger partial charge in [-0.2, -0.15) is 0 Å². The molecule has 0 fully saturated rings. The molecule has 1 N–H and O–H groups in total. The Morgan fingerprint density at radius 1 is 1.56 bits per heavy atom. The van der Waals surface area contributed by atoms with Gasteiger partial charge in [-0.3, -0.25) is 0 Å². The van der Waals surface area contributed by atoms with E-state index in [-0.39, 0.29) is 0 Å². The van der Waals surface area contributed by atoms with Crippen molar-refractivity contribution in [2.75, 3.05) is 6.54 Å². The molecule has 0 aromatic heterocycles. The Hall–Kier alpha value is -0.350. The molecule has 0 spiro atoms. The van der Waals surface area contributed by atoms with Crippen molar-refractivity contribution in [1.29, 1.82) is 0 Å². The van der Waals surface area contributed by atoms with Crippen LogP contribution in [0.5, 0.6) is 0 Å². The zero-order chi connectivity index (χ0) is 7.11. The predicted octanol–water partition coefficient (Wildman–Crippen LogP) is 0.0686. The summed E-state index contributed by atoms with van der Waals surface area (Å²) < 4.78 is 22.0. The first-order valence-electron chi connectivity index (χ1n) is 2.76. The van der Waals surface area contributed by atoms with Crippen molar-refractivity contribution in [2.24, 2.45) is 0 Å². The molecule has 0 bridgehead atoms. The van der Waals surface area contributed by atoms with Crippen molar-refractivity contribution < 1.29 is 8.42 Å². The maximum atomic E-state index is 9.86. The first-order chi connectivity index (χ1) is 4.27. The van der Waals surface area contributed by atoms with Gasteiger partial charge in [-0.05, 0) is 12.8 Å². The summed E-state index contributed by atoms with van der Waals surface area (Å²) in [6.45, 7) is 4.02. The Morgan fingerprint density at radius 2 is 2.22 bits per heavy atom. The van der Waals surface area contributed by atoms with Crippen LogP contribution in [0.3, 0.4) is 0 Å². The molecular weight excluding hydrogens is 138 g/mol. The quantitative estimate of drug-likeness (QED) is 0.330. The first kappa shape index (κ1) is 8.65. The fourth-order valence-electron chi connectivity index (χ4n) is 0.417. The van der Waals surface area contributed by atoms with Crippen molar-refractivity contribution in [3.05, 3.63) is 12.7 Å². The van der Waals surface area contributed by atoms with Crippen LogP contribution in [-0.4, -0.2) is 15.0 Å². The molecule has 0 amide bonds. The number of hydrogen-bond acceptors (Lipinski definition) is 2. The van der Waals surface area contributed by atoms with Gasteiger partial charge in [0.1, 0.15) is 0 Å². The smallest absolute Gasteiger partial charge is 0.201 e. The van der Waals surface area contributed by atoms with Gasteiger partial charge in [-0.1, -0.05) is 6.08 Å². The SMILES string of the molecule is C=CCCCN[SH](=O)=O. The molecule has 0 heterocycles. The van der Waals surface area contributed by atoms with Crippen LogP contribution in [0.1, 0.15) is 12.8 Å². The largest absolute Gasteiger partial charge is 0.218 e. The normalized spacial score (nSPS) is 9.89. The van der Waals surface area contributed by atoms with Crippen LogP contribution in [0.25, 0.3) is 0 Å². The van der Waals surface area contributed by atoms with Crippen LogP contribution in [-0.2, 0) is 10.9 Å². The predicted molar refractivity (Wildman–Crippen MR) is 37.7 cm³/mol. The zero-order valence-corrected chi connectivity index (χ0v) is 6.06. The molecule has 9 heavy (non-hydrogen) atoms. The summed E-state index contributed by atoms with van der Waals surface area (Å²) >= 11 is 0. The highest BCUT2D eigenvalue weighted by molar-refractivity contribution is 7.70. The lowest BCUT2D eigenvalue weighted by atomic mass is 10.3. The average Bonchev–Trinajstić information content (AvgIpc) is 1.80. The number of allylic oxidation sites excluding steroid dienone is 1. The highest BCUT2D eigenvalue weighted by Crippen LogP contribution is 1.84. The molecule has 0 unspecified atom stereocenters. The summed E-state index contributed by atoms with van der Waals surface area (Å²) in [6, 6.07) is 0. The molecule has 0 aromatic carbocycles. The lowest BCUT2D eigenvalue weighted by Gasteiger charge is -1.91. The Balaban J connectivity index is 3.00. The molecule has 0 aromatic rings. The third-order valence-electron chi connectivity index (χ3n) is 0.826. The van der Waals surface area contributed by atoms with E-state index in [1.54, 1.807) is 6.08 Å². The average molecular weight is 149 g/mol. The Kier molecular flexibility index (Phi) is 5.56. The minimum atomic E-state index is -2.40. The van der Waals surface area contributed by atoms with Crippen LogP contribution in [0.4, 0.5) is 0 Å². The van der Waals surface area contributed by atoms with Gasteiger partial charge in [-0.25, -0.2) is 13.1 Å². The van der Waals surface area contributed by atoms with Gasteiger partial charge in [-0.15, -0.1) is 6.58 Å². The topological polar surface area (TPSA) is 46.2 Å². The minimum Gasteiger partial charge on any atom is -0.218 e. The third-order valence-corrected chi connectivity index (χ3v) is 1.31.